The Bertz CT molecular complexity index is 1370. The number of nitrogens with one attached hydrogen (secondary N) is 2. The molecule has 0 unspecified atom stereocenters. The summed E-state index contributed by atoms with van der Waals surface area (Å²) < 4.78 is 27.8. The molecule has 2 heterocycles. The number of benzene rings is 2. The number of likely N-dealkylation sites (tertiary alicyclic amines) is 1. The maximum atomic E-state index is 13.9. The molecule has 3 aliphatic rings. The van der Waals surface area contributed by atoms with Crippen molar-refractivity contribution in [1.29, 1.82) is 0 Å². The van der Waals surface area contributed by atoms with E-state index in [4.69, 9.17) is 0 Å². The summed E-state index contributed by atoms with van der Waals surface area (Å²) in [5.41, 5.74) is 0.821. The normalized spacial score (nSPS) is 21.9. The van der Waals surface area contributed by atoms with Crippen molar-refractivity contribution in [1.82, 2.24) is 20.0 Å². The molecule has 5 amide bonds. The molecular formula is C29H33F2N5O4. The molecule has 2 aromatic carbocycles. The van der Waals surface area contributed by atoms with Gasteiger partial charge in [0.05, 0.1) is 0 Å². The first-order chi connectivity index (χ1) is 18.9. The number of fused-ring (bicyclic) bond motifs is 1. The van der Waals surface area contributed by atoms with E-state index in [-0.39, 0.29) is 30.5 Å². The summed E-state index contributed by atoms with van der Waals surface area (Å²) in [4.78, 5) is 56.5. The van der Waals surface area contributed by atoms with Crippen molar-refractivity contribution in [3.05, 3.63) is 64.7 Å². The van der Waals surface area contributed by atoms with Crippen LogP contribution in [0.1, 0.15) is 36.5 Å². The van der Waals surface area contributed by atoms with E-state index in [0.29, 0.717) is 31.4 Å². The summed E-state index contributed by atoms with van der Waals surface area (Å²) in [6.07, 6.45) is 1.91. The number of halogens is 2. The number of likely N-dealkylation sites (N-methyl/N-ethyl adjacent to an activating group) is 1. The first-order valence-electron chi connectivity index (χ1n) is 13.3. The fraction of sp³-hybridized carbons (Fsp3) is 0.448. The number of anilines is 1. The van der Waals surface area contributed by atoms with E-state index in [2.05, 4.69) is 15.5 Å². The topological polar surface area (TPSA) is 102 Å². The monoisotopic (exact) mass is 553 g/mol. The Kier molecular flexibility index (Phi) is 7.11. The third-order valence-corrected chi connectivity index (χ3v) is 8.57. The van der Waals surface area contributed by atoms with Gasteiger partial charge in [-0.05, 0) is 73.9 Å². The van der Waals surface area contributed by atoms with Gasteiger partial charge in [0.15, 0.2) is 0 Å². The molecule has 0 bridgehead atoms. The van der Waals surface area contributed by atoms with Crippen molar-refractivity contribution in [2.75, 3.05) is 39.0 Å². The lowest BCUT2D eigenvalue weighted by atomic mass is 9.79. The first-order valence-corrected chi connectivity index (χ1v) is 13.3. The zero-order valence-electron chi connectivity index (χ0n) is 22.9. The van der Waals surface area contributed by atoms with E-state index in [1.165, 1.54) is 9.80 Å². The largest absolute Gasteiger partial charge is 0.329 e. The number of hydrogen-bond donors (Lipinski definition) is 2. The van der Waals surface area contributed by atoms with E-state index < -0.39 is 34.5 Å². The van der Waals surface area contributed by atoms with Gasteiger partial charge < -0.3 is 20.0 Å². The number of carbonyl (C=O) groups is 4. The molecule has 2 fully saturated rings. The van der Waals surface area contributed by atoms with Crippen molar-refractivity contribution in [2.24, 2.45) is 5.41 Å². The number of nitrogens with zero attached hydrogens (tertiary/aromatic N) is 3. The molecular weight excluding hydrogens is 520 g/mol. The van der Waals surface area contributed by atoms with Crippen LogP contribution in [0.25, 0.3) is 0 Å². The summed E-state index contributed by atoms with van der Waals surface area (Å²) in [5.74, 6) is -2.54. The van der Waals surface area contributed by atoms with Gasteiger partial charge in [0.25, 0.3) is 5.91 Å². The molecule has 9 nitrogen and oxygen atoms in total. The van der Waals surface area contributed by atoms with Crippen LogP contribution in [-0.4, -0.2) is 77.7 Å². The van der Waals surface area contributed by atoms with Gasteiger partial charge in [0.2, 0.25) is 11.8 Å². The standard InChI is InChI=1S/C29H33F2N5O4/c1-28(6-8-34(2)9-7-28)26(39)36(16-18-10-21(30)13-22(31)11-18)17-24(37)32-23-5-4-19-14-29(15-20(19)12-23)25(38)33-27(40)35(29)3/h4-5,10-13H,6-9,14-17H2,1-3H3,(H,32,37)(H,33,38,40)/t29-/m0/s1. The second-order valence-electron chi connectivity index (χ2n) is 11.5. The second kappa shape index (κ2) is 10.3. The molecule has 2 aliphatic heterocycles. The van der Waals surface area contributed by atoms with Crippen LogP contribution in [0.4, 0.5) is 19.3 Å². The Hall–Kier alpha value is -3.86. The summed E-state index contributed by atoms with van der Waals surface area (Å²) in [5, 5.41) is 5.19. The quantitative estimate of drug-likeness (QED) is 0.536. The predicted octanol–water partition coefficient (Wildman–Crippen LogP) is 2.68. The number of urea groups is 1. The zero-order valence-corrected chi connectivity index (χ0v) is 22.9. The second-order valence-corrected chi connectivity index (χ2v) is 11.5. The van der Waals surface area contributed by atoms with Gasteiger partial charge in [-0.15, -0.1) is 0 Å². The highest BCUT2D eigenvalue weighted by molar-refractivity contribution is 6.07. The van der Waals surface area contributed by atoms with Gasteiger partial charge >= 0.3 is 6.03 Å². The maximum absolute atomic E-state index is 13.9. The molecule has 1 aliphatic carbocycles. The van der Waals surface area contributed by atoms with Crippen molar-refractivity contribution < 1.29 is 28.0 Å². The number of amides is 5. The number of imide groups is 1. The van der Waals surface area contributed by atoms with Crippen LogP contribution in [-0.2, 0) is 33.8 Å². The lowest BCUT2D eigenvalue weighted by molar-refractivity contribution is -0.146. The van der Waals surface area contributed by atoms with E-state index in [1.54, 1.807) is 19.2 Å². The SMILES string of the molecule is CN1CCC(C)(C(=O)N(CC(=O)Nc2ccc3c(c2)C[C@@]2(C3)C(=O)NC(=O)N2C)Cc2cc(F)cc(F)c2)CC1. The minimum atomic E-state index is -0.977. The van der Waals surface area contributed by atoms with Crippen LogP contribution in [0.5, 0.6) is 0 Å². The third-order valence-electron chi connectivity index (χ3n) is 8.57. The smallest absolute Gasteiger partial charge is 0.324 e. The minimum absolute atomic E-state index is 0.117. The summed E-state index contributed by atoms with van der Waals surface area (Å²) in [6, 6.07) is 7.97. The minimum Gasteiger partial charge on any atom is -0.329 e. The highest BCUT2D eigenvalue weighted by atomic mass is 19.1. The molecule has 40 heavy (non-hydrogen) atoms. The Morgan fingerprint density at radius 1 is 1.00 bits per heavy atom. The van der Waals surface area contributed by atoms with Crippen LogP contribution >= 0.6 is 0 Å². The first kappa shape index (κ1) is 27.7. The van der Waals surface area contributed by atoms with Crippen molar-refractivity contribution in [2.45, 2.75) is 44.7 Å². The van der Waals surface area contributed by atoms with E-state index in [1.807, 2.05) is 20.0 Å². The summed E-state index contributed by atoms with van der Waals surface area (Å²) >= 11 is 0. The number of piperidine rings is 1. The van der Waals surface area contributed by atoms with Crippen LogP contribution in [0.2, 0.25) is 0 Å². The number of hydrogen-bond acceptors (Lipinski definition) is 5. The third kappa shape index (κ3) is 5.17. The molecule has 2 aromatic rings. The van der Waals surface area contributed by atoms with Crippen LogP contribution in [0, 0.1) is 17.0 Å². The summed E-state index contributed by atoms with van der Waals surface area (Å²) in [6.45, 7) is 2.91. The summed E-state index contributed by atoms with van der Waals surface area (Å²) in [7, 11) is 3.58. The van der Waals surface area contributed by atoms with Crippen molar-refractivity contribution >= 4 is 29.4 Å². The number of rotatable bonds is 6. The average Bonchev–Trinajstić information content (AvgIpc) is 3.37. The van der Waals surface area contributed by atoms with E-state index >= 15 is 0 Å². The highest BCUT2D eigenvalue weighted by Crippen LogP contribution is 2.38. The predicted molar refractivity (Wildman–Crippen MR) is 143 cm³/mol. The molecule has 2 N–H and O–H groups in total. The van der Waals surface area contributed by atoms with Crippen molar-refractivity contribution in [3.63, 3.8) is 0 Å². The molecule has 1 spiro atoms. The molecule has 0 aromatic heterocycles. The van der Waals surface area contributed by atoms with E-state index in [0.717, 1.165) is 42.4 Å². The Balaban J connectivity index is 1.33. The molecule has 2 saturated heterocycles. The van der Waals surface area contributed by atoms with Gasteiger partial charge in [-0.25, -0.2) is 13.6 Å². The highest BCUT2D eigenvalue weighted by Gasteiger charge is 2.54. The van der Waals surface area contributed by atoms with Crippen LogP contribution < -0.4 is 10.6 Å². The molecule has 1 atom stereocenters. The lowest BCUT2D eigenvalue weighted by Crippen LogP contribution is -2.49. The van der Waals surface area contributed by atoms with Gasteiger partial charge in [-0.1, -0.05) is 13.0 Å². The van der Waals surface area contributed by atoms with Gasteiger partial charge in [-0.2, -0.15) is 0 Å². The Morgan fingerprint density at radius 2 is 1.65 bits per heavy atom. The molecule has 212 valence electrons. The van der Waals surface area contributed by atoms with Gasteiger partial charge in [0.1, 0.15) is 23.7 Å². The number of carbonyl (C=O) groups excluding carboxylic acids is 4. The van der Waals surface area contributed by atoms with Crippen molar-refractivity contribution in [3.8, 4) is 0 Å². The van der Waals surface area contributed by atoms with Crippen LogP contribution in [0.3, 0.4) is 0 Å². The fourth-order valence-electron chi connectivity index (χ4n) is 5.98. The maximum Gasteiger partial charge on any atom is 0.324 e. The zero-order chi connectivity index (χ0) is 28.8. The molecule has 0 saturated carbocycles. The Labute approximate surface area is 231 Å². The fourth-order valence-corrected chi connectivity index (χ4v) is 5.98. The van der Waals surface area contributed by atoms with Gasteiger partial charge in [0, 0.05) is 43.6 Å². The van der Waals surface area contributed by atoms with E-state index in [9.17, 15) is 28.0 Å². The average molecular weight is 554 g/mol. The Morgan fingerprint density at radius 3 is 2.27 bits per heavy atom. The van der Waals surface area contributed by atoms with Crippen LogP contribution in [0.15, 0.2) is 36.4 Å². The molecule has 5 rings (SSSR count). The molecule has 0 radical (unpaired) electrons. The van der Waals surface area contributed by atoms with Gasteiger partial charge in [-0.3, -0.25) is 19.7 Å². The molecule has 11 heteroatoms. The lowest BCUT2D eigenvalue weighted by Gasteiger charge is -2.39.